The Hall–Kier alpha value is -2.35. The van der Waals surface area contributed by atoms with Gasteiger partial charge in [-0.05, 0) is 11.0 Å². The molecule has 0 aliphatic carbocycles. The van der Waals surface area contributed by atoms with Crippen LogP contribution in [0.3, 0.4) is 0 Å². The summed E-state index contributed by atoms with van der Waals surface area (Å²) in [7, 11) is 2.57. The highest BCUT2D eigenvalue weighted by molar-refractivity contribution is 5.77. The van der Waals surface area contributed by atoms with Gasteiger partial charge in [-0.1, -0.05) is 44.2 Å². The first kappa shape index (κ1) is 17.7. The highest BCUT2D eigenvalue weighted by Crippen LogP contribution is 2.44. The quantitative estimate of drug-likeness (QED) is 0.755. The summed E-state index contributed by atoms with van der Waals surface area (Å²) >= 11 is 0. The second-order valence-electron chi connectivity index (χ2n) is 5.76. The molecule has 0 aliphatic heterocycles. The number of ether oxygens (including phenoxy) is 2. The summed E-state index contributed by atoms with van der Waals surface area (Å²) in [5.74, 6) is -2.46. The van der Waals surface area contributed by atoms with E-state index in [-0.39, 0.29) is 12.4 Å². The zero-order valence-corrected chi connectivity index (χ0v) is 13.3. The summed E-state index contributed by atoms with van der Waals surface area (Å²) in [6.45, 7) is 3.68. The van der Waals surface area contributed by atoms with Crippen molar-refractivity contribution in [1.82, 2.24) is 0 Å². The molecule has 0 saturated carbocycles. The van der Waals surface area contributed by atoms with E-state index in [1.807, 2.05) is 50.2 Å². The molecule has 0 bridgehead atoms. The van der Waals surface area contributed by atoms with E-state index in [9.17, 15) is 14.9 Å². The third-order valence-corrected chi connectivity index (χ3v) is 3.76. The highest BCUT2D eigenvalue weighted by atomic mass is 16.5. The van der Waals surface area contributed by atoms with E-state index in [0.717, 1.165) is 5.56 Å². The molecule has 1 aromatic rings. The minimum absolute atomic E-state index is 0.0955. The molecule has 2 atom stereocenters. The molecule has 0 heterocycles. The van der Waals surface area contributed by atoms with Crippen LogP contribution in [0.15, 0.2) is 30.3 Å². The fraction of sp³-hybridized carbons (Fsp3) is 0.471. The van der Waals surface area contributed by atoms with Gasteiger partial charge in [0.05, 0.1) is 26.7 Å². The minimum atomic E-state index is -0.993. The van der Waals surface area contributed by atoms with Crippen molar-refractivity contribution < 1.29 is 19.1 Å². The molecule has 5 heteroatoms. The van der Waals surface area contributed by atoms with Crippen LogP contribution in [-0.4, -0.2) is 26.2 Å². The van der Waals surface area contributed by atoms with Gasteiger partial charge < -0.3 is 9.47 Å². The number of rotatable bonds is 6. The molecule has 1 rings (SSSR count). The number of esters is 2. The van der Waals surface area contributed by atoms with Gasteiger partial charge in [0.1, 0.15) is 0 Å². The SMILES string of the molecule is COC(=O)CC(C)(C)C(c1ccccc1)C(C#N)C(=O)OC. The molecule has 0 amide bonds. The van der Waals surface area contributed by atoms with Crippen molar-refractivity contribution in [3.8, 4) is 6.07 Å². The van der Waals surface area contributed by atoms with E-state index < -0.39 is 23.2 Å². The Kier molecular flexibility index (Phi) is 6.11. The Morgan fingerprint density at radius 1 is 1.18 bits per heavy atom. The number of methoxy groups -OCH3 is 2. The predicted molar refractivity (Wildman–Crippen MR) is 80.7 cm³/mol. The lowest BCUT2D eigenvalue weighted by molar-refractivity contribution is -0.148. The van der Waals surface area contributed by atoms with Crippen molar-refractivity contribution in [1.29, 1.82) is 5.26 Å². The van der Waals surface area contributed by atoms with Gasteiger partial charge >= 0.3 is 11.9 Å². The Bertz CT molecular complexity index is 560. The van der Waals surface area contributed by atoms with Crippen molar-refractivity contribution in [2.45, 2.75) is 26.2 Å². The number of benzene rings is 1. The minimum Gasteiger partial charge on any atom is -0.469 e. The summed E-state index contributed by atoms with van der Waals surface area (Å²) in [4.78, 5) is 23.7. The van der Waals surface area contributed by atoms with Gasteiger partial charge in [-0.25, -0.2) is 0 Å². The van der Waals surface area contributed by atoms with E-state index in [1.165, 1.54) is 14.2 Å². The molecule has 0 radical (unpaired) electrons. The van der Waals surface area contributed by atoms with E-state index in [1.54, 1.807) is 0 Å². The summed E-state index contributed by atoms with van der Waals surface area (Å²) in [5, 5.41) is 9.45. The normalized spacial score (nSPS) is 13.6. The molecule has 0 spiro atoms. The first-order valence-electron chi connectivity index (χ1n) is 6.96. The lowest BCUT2D eigenvalue weighted by Gasteiger charge is -2.35. The van der Waals surface area contributed by atoms with Gasteiger partial charge in [0.15, 0.2) is 5.92 Å². The summed E-state index contributed by atoms with van der Waals surface area (Å²) in [6, 6.07) is 11.2. The van der Waals surface area contributed by atoms with E-state index in [4.69, 9.17) is 9.47 Å². The number of nitriles is 1. The molecule has 2 unspecified atom stereocenters. The summed E-state index contributed by atoms with van der Waals surface area (Å²) in [5.41, 5.74) is 0.164. The maximum Gasteiger partial charge on any atom is 0.323 e. The van der Waals surface area contributed by atoms with Gasteiger partial charge in [-0.3, -0.25) is 9.59 Å². The van der Waals surface area contributed by atoms with Crippen LogP contribution < -0.4 is 0 Å². The average Bonchev–Trinajstić information content (AvgIpc) is 2.51. The predicted octanol–water partition coefficient (Wildman–Crippen LogP) is 2.67. The lowest BCUT2D eigenvalue weighted by Crippen LogP contribution is -2.35. The average molecular weight is 303 g/mol. The van der Waals surface area contributed by atoms with E-state index >= 15 is 0 Å². The monoisotopic (exact) mass is 303 g/mol. The van der Waals surface area contributed by atoms with E-state index in [2.05, 4.69) is 0 Å². The second kappa shape index (κ2) is 7.60. The van der Waals surface area contributed by atoms with Gasteiger partial charge in [-0.15, -0.1) is 0 Å². The Labute approximate surface area is 130 Å². The molecule has 0 aromatic heterocycles. The molecule has 0 saturated heterocycles. The van der Waals surface area contributed by atoms with Crippen LogP contribution >= 0.6 is 0 Å². The van der Waals surface area contributed by atoms with Gasteiger partial charge in [0.2, 0.25) is 0 Å². The molecule has 0 fully saturated rings. The van der Waals surface area contributed by atoms with Crippen molar-refractivity contribution >= 4 is 11.9 Å². The molecule has 0 N–H and O–H groups in total. The van der Waals surface area contributed by atoms with Crippen molar-refractivity contribution in [2.24, 2.45) is 11.3 Å². The highest BCUT2D eigenvalue weighted by Gasteiger charge is 2.42. The van der Waals surface area contributed by atoms with Crippen LogP contribution in [0, 0.1) is 22.7 Å². The summed E-state index contributed by atoms with van der Waals surface area (Å²) in [6.07, 6.45) is 0.0955. The fourth-order valence-electron chi connectivity index (χ4n) is 2.70. The topological polar surface area (TPSA) is 76.4 Å². The number of carbonyl (C=O) groups excluding carboxylic acids is 2. The van der Waals surface area contributed by atoms with Crippen LogP contribution in [0.2, 0.25) is 0 Å². The third kappa shape index (κ3) is 4.08. The molecule has 22 heavy (non-hydrogen) atoms. The molecule has 5 nitrogen and oxygen atoms in total. The van der Waals surface area contributed by atoms with Gasteiger partial charge in [0, 0.05) is 5.92 Å². The number of hydrogen-bond acceptors (Lipinski definition) is 5. The summed E-state index contributed by atoms with van der Waals surface area (Å²) < 4.78 is 9.49. The lowest BCUT2D eigenvalue weighted by atomic mass is 9.67. The number of hydrogen-bond donors (Lipinski definition) is 0. The molecule has 0 aliphatic rings. The molecule has 118 valence electrons. The standard InChI is InChI=1S/C17H21NO4/c1-17(2,10-14(19)21-3)15(12-8-6-5-7-9-12)13(11-18)16(20)22-4/h5-9,13,15H,10H2,1-4H3. The van der Waals surface area contributed by atoms with Gasteiger partial charge in [-0.2, -0.15) is 5.26 Å². The zero-order valence-electron chi connectivity index (χ0n) is 13.3. The number of nitrogens with zero attached hydrogens (tertiary/aromatic N) is 1. The third-order valence-electron chi connectivity index (χ3n) is 3.76. The van der Waals surface area contributed by atoms with Crippen LogP contribution in [0.4, 0.5) is 0 Å². The van der Waals surface area contributed by atoms with Crippen LogP contribution in [0.25, 0.3) is 0 Å². The molecule has 1 aromatic carbocycles. The van der Waals surface area contributed by atoms with Crippen molar-refractivity contribution in [2.75, 3.05) is 14.2 Å². The smallest absolute Gasteiger partial charge is 0.323 e. The van der Waals surface area contributed by atoms with Crippen LogP contribution in [0.5, 0.6) is 0 Å². The molecular formula is C17H21NO4. The maximum atomic E-state index is 12.0. The second-order valence-corrected chi connectivity index (χ2v) is 5.76. The van der Waals surface area contributed by atoms with Crippen molar-refractivity contribution in [3.05, 3.63) is 35.9 Å². The zero-order chi connectivity index (χ0) is 16.8. The number of carbonyl (C=O) groups is 2. The van der Waals surface area contributed by atoms with Crippen LogP contribution in [0.1, 0.15) is 31.7 Å². The first-order valence-corrected chi connectivity index (χ1v) is 6.96. The largest absolute Gasteiger partial charge is 0.469 e. The van der Waals surface area contributed by atoms with Gasteiger partial charge in [0.25, 0.3) is 0 Å². The molecular weight excluding hydrogens is 282 g/mol. The first-order chi connectivity index (χ1) is 10.4. The van der Waals surface area contributed by atoms with Crippen LogP contribution in [-0.2, 0) is 19.1 Å². The maximum absolute atomic E-state index is 12.0. The fourth-order valence-corrected chi connectivity index (χ4v) is 2.70. The Balaban J connectivity index is 3.31. The Morgan fingerprint density at radius 2 is 1.77 bits per heavy atom. The van der Waals surface area contributed by atoms with E-state index in [0.29, 0.717) is 0 Å². The van der Waals surface area contributed by atoms with Crippen molar-refractivity contribution in [3.63, 3.8) is 0 Å². The Morgan fingerprint density at radius 3 is 2.23 bits per heavy atom.